The lowest BCUT2D eigenvalue weighted by Crippen LogP contribution is -2.45. The molecule has 0 spiro atoms. The molecule has 3 aromatic rings. The Morgan fingerprint density at radius 1 is 1.00 bits per heavy atom. The minimum atomic E-state index is -3.66. The van der Waals surface area contributed by atoms with Crippen molar-refractivity contribution in [1.82, 2.24) is 24.2 Å². The smallest absolute Gasteiger partial charge is 0.241 e. The van der Waals surface area contributed by atoms with Crippen LogP contribution in [0.2, 0.25) is 5.02 Å². The molecule has 0 N–H and O–H groups in total. The highest BCUT2D eigenvalue weighted by Crippen LogP contribution is 2.24. The van der Waals surface area contributed by atoms with Crippen LogP contribution < -0.4 is 0 Å². The van der Waals surface area contributed by atoms with Crippen molar-refractivity contribution in [3.8, 4) is 11.1 Å². The summed E-state index contributed by atoms with van der Waals surface area (Å²) in [6.45, 7) is 3.80. The summed E-state index contributed by atoms with van der Waals surface area (Å²) in [6, 6.07) is 14.3. The maximum Gasteiger partial charge on any atom is 0.241 e. The summed E-state index contributed by atoms with van der Waals surface area (Å²) >= 11 is 5.98. The van der Waals surface area contributed by atoms with Crippen molar-refractivity contribution in [1.29, 1.82) is 0 Å². The second-order valence-corrected chi connectivity index (χ2v) is 11.9. The molecule has 2 fully saturated rings. The molecule has 1 unspecified atom stereocenters. The Kier molecular flexibility index (Phi) is 8.10. The molecule has 2 aromatic carbocycles. The van der Waals surface area contributed by atoms with E-state index in [2.05, 4.69) is 10.3 Å². The number of hydrogen-bond acceptors (Lipinski definition) is 7. The minimum Gasteiger partial charge on any atom is -0.350 e. The lowest BCUT2D eigenvalue weighted by molar-refractivity contribution is -0.134. The molecule has 2 aliphatic heterocycles. The number of sulfonamides is 1. The maximum atomic E-state index is 13.3. The van der Waals surface area contributed by atoms with Crippen LogP contribution in [0.15, 0.2) is 54.7 Å². The van der Waals surface area contributed by atoms with E-state index in [4.69, 9.17) is 21.1 Å². The van der Waals surface area contributed by atoms with E-state index in [1.54, 1.807) is 22.7 Å². The molecular formula is C26H30ClN5O5S. The zero-order valence-corrected chi connectivity index (χ0v) is 22.6. The SMILES string of the molecule is CC1C(=O)N(Cc2cn(CCC3OCCO3)nn2)CCS(=O)(=O)N1Cc1ccc(-c2ccc(Cl)cc2)cc1. The molecular weight excluding hydrogens is 530 g/mol. The molecule has 0 saturated carbocycles. The Labute approximate surface area is 227 Å². The number of ether oxygens (including phenoxy) is 2. The first kappa shape index (κ1) is 26.8. The minimum absolute atomic E-state index is 0.0914. The van der Waals surface area contributed by atoms with Gasteiger partial charge in [0, 0.05) is 31.1 Å². The number of benzene rings is 2. The topological polar surface area (TPSA) is 107 Å². The monoisotopic (exact) mass is 559 g/mol. The summed E-state index contributed by atoms with van der Waals surface area (Å²) in [4.78, 5) is 14.9. The Morgan fingerprint density at radius 2 is 1.66 bits per heavy atom. The molecule has 0 bridgehead atoms. The van der Waals surface area contributed by atoms with Crippen molar-refractivity contribution in [3.63, 3.8) is 0 Å². The summed E-state index contributed by atoms with van der Waals surface area (Å²) in [6.07, 6.45) is 2.18. The van der Waals surface area contributed by atoms with Gasteiger partial charge in [-0.2, -0.15) is 4.31 Å². The second kappa shape index (κ2) is 11.5. The van der Waals surface area contributed by atoms with Crippen molar-refractivity contribution in [2.24, 2.45) is 0 Å². The van der Waals surface area contributed by atoms with Gasteiger partial charge in [0.1, 0.15) is 11.7 Å². The largest absolute Gasteiger partial charge is 0.350 e. The fraction of sp³-hybridized carbons (Fsp3) is 0.423. The summed E-state index contributed by atoms with van der Waals surface area (Å²) in [7, 11) is -3.66. The number of amides is 1. The number of aryl methyl sites for hydroxylation is 1. The highest BCUT2D eigenvalue weighted by Gasteiger charge is 2.38. The third-order valence-corrected chi connectivity index (χ3v) is 8.88. The van der Waals surface area contributed by atoms with E-state index in [9.17, 15) is 13.2 Å². The normalized spacial score (nSPS) is 20.6. The van der Waals surface area contributed by atoms with E-state index in [1.165, 1.54) is 4.31 Å². The third-order valence-electron chi connectivity index (χ3n) is 6.77. The van der Waals surface area contributed by atoms with E-state index in [0.717, 1.165) is 16.7 Å². The third kappa shape index (κ3) is 6.24. The van der Waals surface area contributed by atoms with Crippen LogP contribution in [0, 0.1) is 0 Å². The van der Waals surface area contributed by atoms with Crippen LogP contribution >= 0.6 is 11.6 Å². The van der Waals surface area contributed by atoms with Crippen LogP contribution in [0.25, 0.3) is 11.1 Å². The first-order valence-electron chi connectivity index (χ1n) is 12.5. The molecule has 12 heteroatoms. The fourth-order valence-corrected chi connectivity index (χ4v) is 6.36. The molecule has 3 heterocycles. The first-order chi connectivity index (χ1) is 18.3. The molecule has 10 nitrogen and oxygen atoms in total. The number of aromatic nitrogens is 3. The number of halogens is 1. The van der Waals surface area contributed by atoms with Gasteiger partial charge in [-0.05, 0) is 35.7 Å². The summed E-state index contributed by atoms with van der Waals surface area (Å²) in [5, 5.41) is 8.96. The maximum absolute atomic E-state index is 13.3. The van der Waals surface area contributed by atoms with Gasteiger partial charge >= 0.3 is 0 Å². The number of carbonyl (C=O) groups excluding carboxylic acids is 1. The van der Waals surface area contributed by atoms with Crippen LogP contribution in [-0.2, 0) is 43.9 Å². The van der Waals surface area contributed by atoms with E-state index in [-0.39, 0.29) is 37.6 Å². The fourth-order valence-electron chi connectivity index (χ4n) is 4.63. The Bertz CT molecular complexity index is 1360. The number of hydrogen-bond donors (Lipinski definition) is 0. The Hall–Kier alpha value is -2.83. The van der Waals surface area contributed by atoms with Crippen LogP contribution in [-0.4, -0.2) is 76.4 Å². The van der Waals surface area contributed by atoms with Crippen LogP contribution in [0.4, 0.5) is 0 Å². The van der Waals surface area contributed by atoms with Gasteiger partial charge in [-0.25, -0.2) is 8.42 Å². The van der Waals surface area contributed by atoms with Crippen molar-refractivity contribution in [2.45, 2.75) is 45.3 Å². The molecule has 2 saturated heterocycles. The molecule has 5 rings (SSSR count). The van der Waals surface area contributed by atoms with Crippen molar-refractivity contribution >= 4 is 27.5 Å². The van der Waals surface area contributed by atoms with Crippen molar-refractivity contribution in [3.05, 3.63) is 71.0 Å². The summed E-state index contributed by atoms with van der Waals surface area (Å²) in [5.74, 6) is -0.414. The summed E-state index contributed by atoms with van der Waals surface area (Å²) < 4.78 is 40.2. The number of carbonyl (C=O) groups is 1. The molecule has 0 radical (unpaired) electrons. The molecule has 202 valence electrons. The van der Waals surface area contributed by atoms with Gasteiger partial charge < -0.3 is 14.4 Å². The number of nitrogens with zero attached hydrogens (tertiary/aromatic N) is 5. The second-order valence-electron chi connectivity index (χ2n) is 9.43. The van der Waals surface area contributed by atoms with Gasteiger partial charge in [-0.15, -0.1) is 5.10 Å². The van der Waals surface area contributed by atoms with Crippen LogP contribution in [0.3, 0.4) is 0 Å². The van der Waals surface area contributed by atoms with Crippen LogP contribution in [0.1, 0.15) is 24.6 Å². The van der Waals surface area contributed by atoms with Gasteiger partial charge in [0.15, 0.2) is 6.29 Å². The summed E-state index contributed by atoms with van der Waals surface area (Å²) in [5.41, 5.74) is 3.41. The van der Waals surface area contributed by atoms with Crippen LogP contribution in [0.5, 0.6) is 0 Å². The Balaban J connectivity index is 1.24. The van der Waals surface area contributed by atoms with E-state index >= 15 is 0 Å². The molecule has 0 aliphatic carbocycles. The average Bonchev–Trinajstić information content (AvgIpc) is 3.59. The van der Waals surface area contributed by atoms with Gasteiger partial charge in [0.05, 0.1) is 31.7 Å². The quantitative estimate of drug-likeness (QED) is 0.417. The molecule has 38 heavy (non-hydrogen) atoms. The Morgan fingerprint density at radius 3 is 2.34 bits per heavy atom. The average molecular weight is 560 g/mol. The van der Waals surface area contributed by atoms with E-state index in [1.807, 2.05) is 48.5 Å². The van der Waals surface area contributed by atoms with Crippen molar-refractivity contribution < 1.29 is 22.7 Å². The molecule has 2 aliphatic rings. The zero-order chi connectivity index (χ0) is 26.7. The zero-order valence-electron chi connectivity index (χ0n) is 21.1. The number of rotatable bonds is 8. The molecule has 1 aromatic heterocycles. The predicted octanol–water partition coefficient (Wildman–Crippen LogP) is 2.92. The highest BCUT2D eigenvalue weighted by atomic mass is 35.5. The lowest BCUT2D eigenvalue weighted by atomic mass is 10.0. The van der Waals surface area contributed by atoms with Crippen molar-refractivity contribution in [2.75, 3.05) is 25.5 Å². The lowest BCUT2D eigenvalue weighted by Gasteiger charge is -2.26. The standard InChI is InChI=1S/C26H30ClN5O5S/c1-19-26(33)30(17-24-18-31(29-28-24)11-10-25-36-13-14-37-25)12-15-38(34,35)32(19)16-20-2-4-21(5-3-20)22-6-8-23(27)9-7-22/h2-9,18-19,25H,10-17H2,1H3. The predicted molar refractivity (Wildman–Crippen MR) is 141 cm³/mol. The molecule has 1 amide bonds. The van der Waals surface area contributed by atoms with Gasteiger partial charge in [0.25, 0.3) is 0 Å². The highest BCUT2D eigenvalue weighted by molar-refractivity contribution is 7.89. The van der Waals surface area contributed by atoms with Gasteiger partial charge in [-0.3, -0.25) is 9.48 Å². The van der Waals surface area contributed by atoms with Gasteiger partial charge in [-0.1, -0.05) is 53.2 Å². The molecule has 1 atom stereocenters. The first-order valence-corrected chi connectivity index (χ1v) is 14.5. The van der Waals surface area contributed by atoms with E-state index in [0.29, 0.717) is 36.9 Å². The van der Waals surface area contributed by atoms with Gasteiger partial charge in [0.2, 0.25) is 15.9 Å². The van der Waals surface area contributed by atoms with E-state index < -0.39 is 16.1 Å².